The topological polar surface area (TPSA) is 78.8 Å². The highest BCUT2D eigenvalue weighted by Gasteiger charge is 2.27. The van der Waals surface area contributed by atoms with Crippen molar-refractivity contribution in [3.05, 3.63) is 95.5 Å². The van der Waals surface area contributed by atoms with E-state index in [1.165, 1.54) is 30.5 Å². The maximum atomic E-state index is 13.1. The van der Waals surface area contributed by atoms with Gasteiger partial charge in [0, 0.05) is 5.02 Å². The molecule has 0 spiro atoms. The normalized spacial score (nSPS) is 11.3. The van der Waals surface area contributed by atoms with Crippen LogP contribution in [0.15, 0.2) is 94.9 Å². The van der Waals surface area contributed by atoms with Crippen molar-refractivity contribution in [1.82, 2.24) is 5.43 Å². The second kappa shape index (κ2) is 9.36. The summed E-state index contributed by atoms with van der Waals surface area (Å²) in [6, 6.07) is 23.4. The van der Waals surface area contributed by atoms with Crippen LogP contribution >= 0.6 is 11.6 Å². The minimum atomic E-state index is -3.98. The maximum Gasteiger partial charge on any atom is 0.264 e. The number of anilines is 1. The largest absolute Gasteiger partial charge is 0.271 e. The Hall–Kier alpha value is -3.16. The fraction of sp³-hybridized carbons (Fsp3) is 0.0476. The Bertz CT molecular complexity index is 1090. The molecule has 3 rings (SSSR count). The fourth-order valence-electron chi connectivity index (χ4n) is 2.53. The number of para-hydroxylation sites is 1. The Morgan fingerprint density at radius 2 is 1.52 bits per heavy atom. The monoisotopic (exact) mass is 427 g/mol. The van der Waals surface area contributed by atoms with E-state index in [9.17, 15) is 13.2 Å². The molecule has 0 aromatic heterocycles. The van der Waals surface area contributed by atoms with Crippen molar-refractivity contribution in [3.63, 3.8) is 0 Å². The average Bonchev–Trinajstić information content (AvgIpc) is 2.73. The molecule has 0 saturated carbocycles. The summed E-state index contributed by atoms with van der Waals surface area (Å²) in [5.41, 5.74) is 3.54. The van der Waals surface area contributed by atoms with Gasteiger partial charge in [0.1, 0.15) is 6.54 Å². The van der Waals surface area contributed by atoms with Crippen molar-refractivity contribution in [2.75, 3.05) is 10.8 Å². The standard InChI is InChI=1S/C21H18ClN3O3S/c22-18-11-13-20(14-12-18)29(27,28)25(19-9-5-2-6-10-19)16-21(26)24-23-15-17-7-3-1-4-8-17/h1-15H,16H2,(H,24,26)/b23-15-. The van der Waals surface area contributed by atoms with Gasteiger partial charge in [-0.05, 0) is 42.0 Å². The zero-order valence-corrected chi connectivity index (χ0v) is 16.8. The predicted molar refractivity (Wildman–Crippen MR) is 115 cm³/mol. The first-order valence-electron chi connectivity index (χ1n) is 8.67. The van der Waals surface area contributed by atoms with Gasteiger partial charge < -0.3 is 0 Å². The Morgan fingerprint density at radius 3 is 2.14 bits per heavy atom. The lowest BCUT2D eigenvalue weighted by molar-refractivity contribution is -0.119. The molecule has 0 fully saturated rings. The van der Waals surface area contributed by atoms with Crippen LogP contribution in [-0.2, 0) is 14.8 Å². The SMILES string of the molecule is O=C(CN(c1ccccc1)S(=O)(=O)c1ccc(Cl)cc1)N/N=C\c1ccccc1. The number of benzene rings is 3. The third-order valence-corrected chi connectivity index (χ3v) is 5.98. The molecule has 29 heavy (non-hydrogen) atoms. The van der Waals surface area contributed by atoms with Crippen molar-refractivity contribution in [1.29, 1.82) is 0 Å². The molecule has 0 heterocycles. The number of hydrazone groups is 1. The minimum Gasteiger partial charge on any atom is -0.271 e. The van der Waals surface area contributed by atoms with Gasteiger partial charge in [-0.1, -0.05) is 60.1 Å². The molecule has 148 valence electrons. The van der Waals surface area contributed by atoms with Gasteiger partial charge in [-0.15, -0.1) is 0 Å². The lowest BCUT2D eigenvalue weighted by Gasteiger charge is -2.23. The number of carbonyl (C=O) groups is 1. The van der Waals surface area contributed by atoms with E-state index >= 15 is 0 Å². The fourth-order valence-corrected chi connectivity index (χ4v) is 4.07. The van der Waals surface area contributed by atoms with Gasteiger partial charge in [0.25, 0.3) is 15.9 Å². The van der Waals surface area contributed by atoms with E-state index in [4.69, 9.17) is 11.6 Å². The Morgan fingerprint density at radius 1 is 0.931 bits per heavy atom. The second-order valence-electron chi connectivity index (χ2n) is 6.01. The minimum absolute atomic E-state index is 0.0336. The van der Waals surface area contributed by atoms with Gasteiger partial charge in [-0.3, -0.25) is 9.10 Å². The van der Waals surface area contributed by atoms with E-state index < -0.39 is 22.5 Å². The molecule has 0 atom stereocenters. The molecule has 0 aliphatic carbocycles. The number of nitrogens with zero attached hydrogens (tertiary/aromatic N) is 2. The zero-order chi connectivity index (χ0) is 20.7. The van der Waals surface area contributed by atoms with Crippen LogP contribution in [-0.4, -0.2) is 27.1 Å². The van der Waals surface area contributed by atoms with Crippen molar-refractivity contribution in [3.8, 4) is 0 Å². The number of sulfonamides is 1. The molecule has 1 amide bonds. The van der Waals surface area contributed by atoms with E-state index in [0.29, 0.717) is 10.7 Å². The first kappa shape index (κ1) is 20.6. The van der Waals surface area contributed by atoms with Crippen molar-refractivity contribution in [2.24, 2.45) is 5.10 Å². The number of hydrogen-bond donors (Lipinski definition) is 1. The molecule has 3 aromatic carbocycles. The molecule has 0 unspecified atom stereocenters. The molecule has 6 nitrogen and oxygen atoms in total. The predicted octanol–water partition coefficient (Wildman–Crippen LogP) is 3.69. The summed E-state index contributed by atoms with van der Waals surface area (Å²) in [7, 11) is -3.98. The number of hydrogen-bond acceptors (Lipinski definition) is 4. The third kappa shape index (κ3) is 5.43. The quantitative estimate of drug-likeness (QED) is 0.461. The molecule has 8 heteroatoms. The van der Waals surface area contributed by atoms with Gasteiger partial charge in [0.15, 0.2) is 0 Å². The molecule has 0 aliphatic rings. The molecular weight excluding hydrogens is 410 g/mol. The van der Waals surface area contributed by atoms with Crippen LogP contribution in [0.4, 0.5) is 5.69 Å². The van der Waals surface area contributed by atoms with Gasteiger partial charge in [-0.2, -0.15) is 5.10 Å². The Labute approximate surface area is 174 Å². The van der Waals surface area contributed by atoms with Crippen LogP contribution < -0.4 is 9.73 Å². The van der Waals surface area contributed by atoms with E-state index in [1.54, 1.807) is 30.3 Å². The summed E-state index contributed by atoms with van der Waals surface area (Å²) >= 11 is 5.86. The third-order valence-electron chi connectivity index (χ3n) is 3.94. The van der Waals surface area contributed by atoms with E-state index in [0.717, 1.165) is 9.87 Å². The number of rotatable bonds is 7. The average molecular weight is 428 g/mol. The highest BCUT2D eigenvalue weighted by atomic mass is 35.5. The van der Waals surface area contributed by atoms with Gasteiger partial charge >= 0.3 is 0 Å². The van der Waals surface area contributed by atoms with E-state index in [2.05, 4.69) is 10.5 Å². The molecule has 0 radical (unpaired) electrons. The number of halogens is 1. The van der Waals surface area contributed by atoms with E-state index in [-0.39, 0.29) is 4.90 Å². The van der Waals surface area contributed by atoms with Crippen LogP contribution in [0.1, 0.15) is 5.56 Å². The first-order valence-corrected chi connectivity index (χ1v) is 10.5. The van der Waals surface area contributed by atoms with E-state index in [1.807, 2.05) is 30.3 Å². The highest BCUT2D eigenvalue weighted by molar-refractivity contribution is 7.92. The van der Waals surface area contributed by atoms with Crippen molar-refractivity contribution < 1.29 is 13.2 Å². The summed E-state index contributed by atoms with van der Waals surface area (Å²) in [6.45, 7) is -0.429. The molecule has 0 saturated heterocycles. The van der Waals surface area contributed by atoms with Crippen molar-refractivity contribution in [2.45, 2.75) is 4.90 Å². The first-order chi connectivity index (χ1) is 14.0. The van der Waals surface area contributed by atoms with Gasteiger partial charge in [0.2, 0.25) is 0 Å². The second-order valence-corrected chi connectivity index (χ2v) is 8.30. The molecule has 1 N–H and O–H groups in total. The molecule has 0 aliphatic heterocycles. The lowest BCUT2D eigenvalue weighted by Crippen LogP contribution is -2.39. The van der Waals surface area contributed by atoms with Gasteiger partial charge in [-0.25, -0.2) is 13.8 Å². The summed E-state index contributed by atoms with van der Waals surface area (Å²) in [5.74, 6) is -0.571. The van der Waals surface area contributed by atoms with Crippen LogP contribution in [0.25, 0.3) is 0 Å². The Balaban J connectivity index is 1.82. The molecule has 0 bridgehead atoms. The molecule has 3 aromatic rings. The van der Waals surface area contributed by atoms with Crippen LogP contribution in [0.5, 0.6) is 0 Å². The molecular formula is C21H18ClN3O3S. The highest BCUT2D eigenvalue weighted by Crippen LogP contribution is 2.24. The number of nitrogens with one attached hydrogen (secondary N) is 1. The van der Waals surface area contributed by atoms with Crippen molar-refractivity contribution >= 4 is 39.4 Å². The van der Waals surface area contributed by atoms with Crippen LogP contribution in [0, 0.1) is 0 Å². The number of carbonyl (C=O) groups excluding carboxylic acids is 1. The summed E-state index contributed by atoms with van der Waals surface area (Å²) in [4.78, 5) is 12.4. The van der Waals surface area contributed by atoms with Gasteiger partial charge in [0.05, 0.1) is 16.8 Å². The summed E-state index contributed by atoms with van der Waals surface area (Å²) in [6.07, 6.45) is 1.48. The smallest absolute Gasteiger partial charge is 0.264 e. The van der Waals surface area contributed by atoms with Crippen LogP contribution in [0.3, 0.4) is 0 Å². The lowest BCUT2D eigenvalue weighted by atomic mass is 10.2. The maximum absolute atomic E-state index is 13.1. The number of amides is 1. The summed E-state index contributed by atoms with van der Waals surface area (Å²) in [5, 5.41) is 4.31. The zero-order valence-electron chi connectivity index (χ0n) is 15.3. The Kier molecular flexibility index (Phi) is 6.64. The summed E-state index contributed by atoms with van der Waals surface area (Å²) < 4.78 is 27.3. The van der Waals surface area contributed by atoms with Crippen LogP contribution in [0.2, 0.25) is 5.02 Å².